The predicted octanol–water partition coefficient (Wildman–Crippen LogP) is 1.62. The van der Waals surface area contributed by atoms with E-state index in [4.69, 9.17) is 11.6 Å². The number of H-pyrrole nitrogens is 1. The van der Waals surface area contributed by atoms with Crippen LogP contribution in [0.15, 0.2) is 52.1 Å². The number of hydrogen-bond acceptors (Lipinski definition) is 6. The van der Waals surface area contributed by atoms with Crippen LogP contribution >= 0.6 is 11.6 Å². The molecule has 0 unspecified atom stereocenters. The highest BCUT2D eigenvalue weighted by Gasteiger charge is 2.17. The summed E-state index contributed by atoms with van der Waals surface area (Å²) in [7, 11) is -2.37. The fraction of sp³-hybridized carbons (Fsp3) is 0. The maximum absolute atomic E-state index is 12.9. The molecule has 0 saturated heterocycles. The molecule has 28 heavy (non-hydrogen) atoms. The molecule has 140 valence electrons. The average molecular weight is 416 g/mol. The van der Waals surface area contributed by atoms with Crippen molar-refractivity contribution in [3.63, 3.8) is 0 Å². The van der Waals surface area contributed by atoms with Crippen LogP contribution in [-0.4, -0.2) is 33.7 Å². The summed E-state index contributed by atoms with van der Waals surface area (Å²) in [6, 6.07) is 10.4. The van der Waals surface area contributed by atoms with E-state index < -0.39 is 27.2 Å². The van der Waals surface area contributed by atoms with E-state index in [0.29, 0.717) is 16.1 Å². The highest BCUT2D eigenvalue weighted by molar-refractivity contribution is 7.71. The number of nitrogens with zero attached hydrogens (tertiary/aromatic N) is 2. The molecule has 0 aliphatic rings. The normalized spacial score (nSPS) is 11.0. The van der Waals surface area contributed by atoms with Crippen molar-refractivity contribution in [1.82, 2.24) is 14.8 Å². The molecule has 0 fully saturated rings. The fourth-order valence-electron chi connectivity index (χ4n) is 2.91. The summed E-state index contributed by atoms with van der Waals surface area (Å²) in [6.07, 6.45) is 0. The first kappa shape index (κ1) is 18.0. The van der Waals surface area contributed by atoms with Crippen LogP contribution in [0.3, 0.4) is 0 Å². The maximum atomic E-state index is 12.9. The quantitative estimate of drug-likeness (QED) is 0.379. The summed E-state index contributed by atoms with van der Waals surface area (Å²) in [5.74, 6) is -0.537. The Balaban J connectivity index is 2.03. The van der Waals surface area contributed by atoms with Gasteiger partial charge in [0.1, 0.15) is 10.9 Å². The van der Waals surface area contributed by atoms with E-state index in [-0.39, 0.29) is 22.0 Å². The van der Waals surface area contributed by atoms with Crippen molar-refractivity contribution < 1.29 is 13.5 Å². The standard InChI is InChI=1S/C18H10ClN3O5S/c19-10-3-6-12-13(7-10)20-15-14(16(12)23)18(25)22(21-17(15)24)11-4-1-9(2-5-11)8-28(26)27/h1-8H,(H,20,23)(H,21,24). The summed E-state index contributed by atoms with van der Waals surface area (Å²) in [5.41, 5.74) is -0.362. The molecule has 2 aromatic carbocycles. The Morgan fingerprint density at radius 1 is 1.11 bits per heavy atom. The van der Waals surface area contributed by atoms with Gasteiger partial charge in [-0.2, -0.15) is 13.1 Å². The molecule has 0 atom stereocenters. The van der Waals surface area contributed by atoms with Crippen molar-refractivity contribution >= 4 is 49.1 Å². The minimum Gasteiger partial charge on any atom is -0.491 e. The van der Waals surface area contributed by atoms with Crippen molar-refractivity contribution in [2.75, 3.05) is 0 Å². The minimum absolute atomic E-state index is 0.0901. The molecule has 0 saturated carbocycles. The molecule has 0 bridgehead atoms. The monoisotopic (exact) mass is 415 g/mol. The number of aromatic amines is 1. The van der Waals surface area contributed by atoms with Gasteiger partial charge in [0.25, 0.3) is 11.4 Å². The van der Waals surface area contributed by atoms with Gasteiger partial charge in [-0.05, 0) is 35.9 Å². The minimum atomic E-state index is -2.37. The molecule has 0 aliphatic heterocycles. The van der Waals surface area contributed by atoms with E-state index >= 15 is 0 Å². The highest BCUT2D eigenvalue weighted by Crippen LogP contribution is 2.21. The van der Waals surface area contributed by atoms with Gasteiger partial charge in [-0.25, -0.2) is 0 Å². The van der Waals surface area contributed by atoms with E-state index in [9.17, 15) is 23.1 Å². The summed E-state index contributed by atoms with van der Waals surface area (Å²) < 4.78 is 22.3. The second-order valence-corrected chi connectivity index (χ2v) is 7.10. The molecular formula is C18H10ClN3O5S. The van der Waals surface area contributed by atoms with Gasteiger partial charge in [-0.15, -0.1) is 5.10 Å². The van der Waals surface area contributed by atoms with Gasteiger partial charge in [0, 0.05) is 10.4 Å². The zero-order chi connectivity index (χ0) is 20.0. The molecule has 0 aliphatic carbocycles. The Labute approximate surface area is 162 Å². The van der Waals surface area contributed by atoms with Crippen LogP contribution in [0.25, 0.3) is 27.5 Å². The molecule has 4 rings (SSSR count). The molecule has 0 radical (unpaired) electrons. The Morgan fingerprint density at radius 3 is 2.50 bits per heavy atom. The van der Waals surface area contributed by atoms with Crippen LogP contribution in [0.5, 0.6) is 5.88 Å². The average Bonchev–Trinajstić information content (AvgIpc) is 2.64. The number of nitrogens with one attached hydrogen (secondary N) is 1. The zero-order valence-electron chi connectivity index (χ0n) is 13.9. The van der Waals surface area contributed by atoms with Crippen LogP contribution in [0.2, 0.25) is 5.02 Å². The molecule has 0 amide bonds. The second kappa shape index (κ2) is 6.63. The number of pyridine rings is 1. The largest absolute Gasteiger partial charge is 0.491 e. The van der Waals surface area contributed by atoms with Gasteiger partial charge in [0.15, 0.2) is 0 Å². The first-order valence-corrected chi connectivity index (χ1v) is 9.37. The number of rotatable bonds is 2. The predicted molar refractivity (Wildman–Crippen MR) is 106 cm³/mol. The number of hydrogen-bond donors (Lipinski definition) is 2. The molecule has 2 heterocycles. The number of halogens is 1. The van der Waals surface area contributed by atoms with Crippen molar-refractivity contribution in [2.45, 2.75) is 0 Å². The lowest BCUT2D eigenvalue weighted by atomic mass is 10.1. The van der Waals surface area contributed by atoms with Crippen molar-refractivity contribution in [2.24, 2.45) is 0 Å². The lowest BCUT2D eigenvalue weighted by molar-refractivity contribution is 0.443. The van der Waals surface area contributed by atoms with Gasteiger partial charge in [0.05, 0.1) is 16.6 Å². The van der Waals surface area contributed by atoms with Crippen molar-refractivity contribution in [3.8, 4) is 11.6 Å². The summed E-state index contributed by atoms with van der Waals surface area (Å²) in [5, 5.41) is 15.5. The number of aromatic nitrogens is 3. The highest BCUT2D eigenvalue weighted by atomic mass is 35.5. The van der Waals surface area contributed by atoms with E-state index in [2.05, 4.69) is 10.1 Å². The van der Waals surface area contributed by atoms with Crippen LogP contribution in [0, 0.1) is 0 Å². The van der Waals surface area contributed by atoms with Crippen LogP contribution < -0.4 is 11.0 Å². The van der Waals surface area contributed by atoms with Crippen LogP contribution in [0.1, 0.15) is 5.56 Å². The zero-order valence-corrected chi connectivity index (χ0v) is 15.5. The first-order valence-electron chi connectivity index (χ1n) is 7.86. The summed E-state index contributed by atoms with van der Waals surface area (Å²) in [4.78, 5) is 28.6. The second-order valence-electron chi connectivity index (χ2n) is 5.90. The van der Waals surface area contributed by atoms with Crippen molar-refractivity contribution in [1.29, 1.82) is 0 Å². The Kier molecular flexibility index (Phi) is 4.25. The molecule has 2 N–H and O–H groups in total. The van der Waals surface area contributed by atoms with E-state index in [1.54, 1.807) is 0 Å². The van der Waals surface area contributed by atoms with Gasteiger partial charge in [0.2, 0.25) is 15.7 Å². The topological polar surface area (TPSA) is 122 Å². The van der Waals surface area contributed by atoms with E-state index in [0.717, 1.165) is 10.0 Å². The van der Waals surface area contributed by atoms with Gasteiger partial charge >= 0.3 is 0 Å². The van der Waals surface area contributed by atoms with Gasteiger partial charge < -0.3 is 10.1 Å². The molecular weight excluding hydrogens is 406 g/mol. The molecule has 4 aromatic rings. The maximum Gasteiger partial charge on any atom is 0.285 e. The van der Waals surface area contributed by atoms with Gasteiger partial charge in [-0.3, -0.25) is 9.59 Å². The lowest BCUT2D eigenvalue weighted by Gasteiger charge is -2.09. The van der Waals surface area contributed by atoms with E-state index in [1.165, 1.54) is 42.5 Å². The number of aromatic hydroxyl groups is 1. The Bertz CT molecular complexity index is 1510. The van der Waals surface area contributed by atoms with Crippen LogP contribution in [0.4, 0.5) is 0 Å². The molecule has 2 aromatic heterocycles. The third-order valence-electron chi connectivity index (χ3n) is 4.16. The Hall–Kier alpha value is -3.43. The first-order chi connectivity index (χ1) is 13.3. The Morgan fingerprint density at radius 2 is 1.82 bits per heavy atom. The third kappa shape index (κ3) is 2.96. The molecule has 10 heteroatoms. The van der Waals surface area contributed by atoms with E-state index in [1.807, 2.05) is 0 Å². The lowest BCUT2D eigenvalue weighted by Crippen LogP contribution is -2.26. The number of benzene rings is 2. The fourth-order valence-corrected chi connectivity index (χ4v) is 3.46. The summed E-state index contributed by atoms with van der Waals surface area (Å²) >= 11 is 5.94. The molecule has 8 nitrogen and oxygen atoms in total. The number of fused-ring (bicyclic) bond motifs is 2. The van der Waals surface area contributed by atoms with Gasteiger partial charge in [-0.1, -0.05) is 23.7 Å². The molecule has 0 spiro atoms. The SMILES string of the molecule is O=c1c2ccc(Cl)cc2[nH]c2c(O)nn(-c3ccc(C=S(=O)=O)cc3)c(=O)c12. The summed E-state index contributed by atoms with van der Waals surface area (Å²) in [6.45, 7) is 0. The smallest absolute Gasteiger partial charge is 0.285 e. The third-order valence-corrected chi connectivity index (χ3v) is 4.86. The van der Waals surface area contributed by atoms with Crippen LogP contribution in [-0.2, 0) is 10.3 Å². The van der Waals surface area contributed by atoms with Crippen molar-refractivity contribution in [3.05, 3.63) is 73.6 Å².